The number of tetrazole rings is 1. The molecule has 0 bridgehead atoms. The van der Waals surface area contributed by atoms with Gasteiger partial charge < -0.3 is 14.5 Å². The number of piperidine rings is 1. The molecule has 2 aliphatic rings. The van der Waals surface area contributed by atoms with Gasteiger partial charge in [-0.25, -0.2) is 9.67 Å². The Bertz CT molecular complexity index is 1150. The fraction of sp³-hybridized carbons (Fsp3) is 0.545. The normalized spacial score (nSPS) is 18.7. The topological polar surface area (TPSA) is 107 Å². The van der Waals surface area contributed by atoms with E-state index in [1.165, 1.54) is 10.2 Å². The first-order valence-electron chi connectivity index (χ1n) is 11.4. The molecule has 33 heavy (non-hydrogen) atoms. The van der Waals surface area contributed by atoms with Crippen LogP contribution in [-0.2, 0) is 18.2 Å². The second kappa shape index (κ2) is 8.99. The molecule has 3 aromatic rings. The number of anilines is 1. The van der Waals surface area contributed by atoms with Crippen LogP contribution in [0.15, 0.2) is 35.4 Å². The van der Waals surface area contributed by atoms with Crippen molar-refractivity contribution >= 4 is 5.82 Å². The Kier molecular flexibility index (Phi) is 5.90. The molecule has 174 valence electrons. The molecule has 0 radical (unpaired) electrons. The molecule has 3 aromatic heterocycles. The number of rotatable bonds is 5. The fourth-order valence-corrected chi connectivity index (χ4v) is 4.70. The summed E-state index contributed by atoms with van der Waals surface area (Å²) in [7, 11) is 1.69. The third kappa shape index (κ3) is 4.64. The zero-order valence-corrected chi connectivity index (χ0v) is 19.1. The molecule has 0 unspecified atom stereocenters. The molecule has 11 nitrogen and oxygen atoms in total. The Morgan fingerprint density at radius 3 is 2.64 bits per heavy atom. The van der Waals surface area contributed by atoms with E-state index in [9.17, 15) is 4.79 Å². The molecule has 2 saturated heterocycles. The number of aromatic nitrogens is 7. The summed E-state index contributed by atoms with van der Waals surface area (Å²) in [6, 6.07) is 7.48. The van der Waals surface area contributed by atoms with Gasteiger partial charge in [-0.2, -0.15) is 9.78 Å². The quantitative estimate of drug-likeness (QED) is 0.544. The number of likely N-dealkylation sites (tertiary alicyclic amines) is 1. The number of nitrogens with zero attached hydrogens (tertiary/aromatic N) is 9. The Hall–Kier alpha value is -3.18. The van der Waals surface area contributed by atoms with Crippen LogP contribution in [0.1, 0.15) is 24.1 Å². The highest BCUT2D eigenvalue weighted by Gasteiger charge is 2.40. The molecule has 5 rings (SSSR count). The van der Waals surface area contributed by atoms with Crippen LogP contribution in [0.5, 0.6) is 0 Å². The largest absolute Gasteiger partial charge is 0.371 e. The maximum atomic E-state index is 11.7. The van der Waals surface area contributed by atoms with E-state index in [2.05, 4.69) is 41.5 Å². The van der Waals surface area contributed by atoms with Crippen molar-refractivity contribution in [3.05, 3.63) is 52.2 Å². The average molecular weight is 452 g/mol. The lowest BCUT2D eigenvalue weighted by molar-refractivity contribution is -0.0911. The van der Waals surface area contributed by atoms with Gasteiger partial charge in [0.05, 0.1) is 12.2 Å². The van der Waals surface area contributed by atoms with Crippen LogP contribution in [0.4, 0.5) is 5.82 Å². The van der Waals surface area contributed by atoms with Crippen LogP contribution in [0.25, 0.3) is 5.82 Å². The fourth-order valence-electron chi connectivity index (χ4n) is 4.70. The van der Waals surface area contributed by atoms with Crippen molar-refractivity contribution in [3.63, 3.8) is 0 Å². The van der Waals surface area contributed by atoms with Crippen molar-refractivity contribution in [2.24, 2.45) is 7.05 Å². The Labute approximate surface area is 192 Å². The van der Waals surface area contributed by atoms with Crippen molar-refractivity contribution < 1.29 is 4.74 Å². The van der Waals surface area contributed by atoms with Crippen LogP contribution in [0.2, 0.25) is 0 Å². The molecular weight excluding hydrogens is 422 g/mol. The standard InChI is InChI=1S/C22H29N9O2/c1-17-18(3-4-19(24-17)31-16-23-26-27-31)7-10-29-11-8-22(9-12-29)15-30(13-14-33-22)20-5-6-21(32)28(2)25-20/h3-6,16H,7-15H2,1-2H3. The molecule has 0 aliphatic carbocycles. The smallest absolute Gasteiger partial charge is 0.266 e. The van der Waals surface area contributed by atoms with Gasteiger partial charge in [0.25, 0.3) is 5.56 Å². The number of aryl methyl sites for hydroxylation is 2. The minimum absolute atomic E-state index is 0.0921. The third-order valence-electron chi connectivity index (χ3n) is 6.75. The Balaban J connectivity index is 1.16. The molecule has 2 aliphatic heterocycles. The molecule has 0 amide bonds. The van der Waals surface area contributed by atoms with E-state index in [1.54, 1.807) is 24.1 Å². The van der Waals surface area contributed by atoms with Gasteiger partial charge in [-0.15, -0.1) is 5.10 Å². The average Bonchev–Trinajstić information content (AvgIpc) is 3.36. The number of hydrogen-bond acceptors (Lipinski definition) is 9. The first kappa shape index (κ1) is 21.7. The summed E-state index contributed by atoms with van der Waals surface area (Å²) in [6.45, 7) is 7.33. The van der Waals surface area contributed by atoms with Crippen molar-refractivity contribution in [1.82, 2.24) is 39.9 Å². The van der Waals surface area contributed by atoms with Gasteiger partial charge in [0.2, 0.25) is 0 Å². The Morgan fingerprint density at radius 2 is 1.91 bits per heavy atom. The Morgan fingerprint density at radius 1 is 1.09 bits per heavy atom. The van der Waals surface area contributed by atoms with Crippen LogP contribution < -0.4 is 10.5 Å². The zero-order chi connectivity index (χ0) is 22.8. The third-order valence-corrected chi connectivity index (χ3v) is 6.75. The molecule has 5 heterocycles. The van der Waals surface area contributed by atoms with Crippen LogP contribution in [-0.4, -0.2) is 84.8 Å². The van der Waals surface area contributed by atoms with E-state index in [1.807, 2.05) is 19.1 Å². The summed E-state index contributed by atoms with van der Waals surface area (Å²) < 4.78 is 9.26. The van der Waals surface area contributed by atoms with Crippen LogP contribution in [0.3, 0.4) is 0 Å². The summed E-state index contributed by atoms with van der Waals surface area (Å²) in [4.78, 5) is 21.1. The summed E-state index contributed by atoms with van der Waals surface area (Å²) in [6.07, 6.45) is 4.49. The van der Waals surface area contributed by atoms with Crippen molar-refractivity contribution in [3.8, 4) is 5.82 Å². The van der Waals surface area contributed by atoms with E-state index in [0.29, 0.717) is 6.61 Å². The molecule has 1 spiro atoms. The monoisotopic (exact) mass is 451 g/mol. The first-order valence-corrected chi connectivity index (χ1v) is 11.4. The van der Waals surface area contributed by atoms with E-state index < -0.39 is 0 Å². The van der Waals surface area contributed by atoms with Crippen molar-refractivity contribution in [2.45, 2.75) is 31.8 Å². The van der Waals surface area contributed by atoms with Gasteiger partial charge >= 0.3 is 0 Å². The molecule has 0 aromatic carbocycles. The number of hydrogen-bond donors (Lipinski definition) is 0. The molecule has 2 fully saturated rings. The molecule has 0 atom stereocenters. The second-order valence-corrected chi connectivity index (χ2v) is 8.87. The first-order chi connectivity index (χ1) is 16.0. The number of pyridine rings is 1. The second-order valence-electron chi connectivity index (χ2n) is 8.87. The van der Waals surface area contributed by atoms with E-state index in [-0.39, 0.29) is 11.2 Å². The highest BCUT2D eigenvalue weighted by Crippen LogP contribution is 2.31. The van der Waals surface area contributed by atoms with Gasteiger partial charge in [0.15, 0.2) is 5.82 Å². The van der Waals surface area contributed by atoms with Gasteiger partial charge in [0.1, 0.15) is 12.1 Å². The van der Waals surface area contributed by atoms with Crippen LogP contribution >= 0.6 is 0 Å². The molecule has 11 heteroatoms. The molecular formula is C22H29N9O2. The molecule has 0 saturated carbocycles. The lowest BCUT2D eigenvalue weighted by atomic mass is 9.89. The van der Waals surface area contributed by atoms with E-state index >= 15 is 0 Å². The maximum Gasteiger partial charge on any atom is 0.266 e. The summed E-state index contributed by atoms with van der Waals surface area (Å²) in [5, 5.41) is 15.7. The predicted molar refractivity (Wildman–Crippen MR) is 121 cm³/mol. The maximum absolute atomic E-state index is 11.7. The van der Waals surface area contributed by atoms with Gasteiger partial charge in [-0.3, -0.25) is 4.79 Å². The van der Waals surface area contributed by atoms with Gasteiger partial charge in [-0.1, -0.05) is 6.07 Å². The van der Waals surface area contributed by atoms with Gasteiger partial charge in [-0.05, 0) is 54.3 Å². The van der Waals surface area contributed by atoms with Crippen molar-refractivity contribution in [1.29, 1.82) is 0 Å². The van der Waals surface area contributed by atoms with Crippen LogP contribution in [0, 0.1) is 6.92 Å². The highest BCUT2D eigenvalue weighted by atomic mass is 16.5. The lowest BCUT2D eigenvalue weighted by Crippen LogP contribution is -2.57. The minimum atomic E-state index is -0.143. The molecule has 0 N–H and O–H groups in total. The predicted octanol–water partition coefficient (Wildman–Crippen LogP) is 0.373. The van der Waals surface area contributed by atoms with Crippen molar-refractivity contribution in [2.75, 3.05) is 44.2 Å². The van der Waals surface area contributed by atoms with Gasteiger partial charge in [0, 0.05) is 51.5 Å². The zero-order valence-electron chi connectivity index (χ0n) is 19.1. The highest BCUT2D eigenvalue weighted by molar-refractivity contribution is 5.38. The summed E-state index contributed by atoms with van der Waals surface area (Å²) >= 11 is 0. The number of ether oxygens (including phenoxy) is 1. The van der Waals surface area contributed by atoms with E-state index in [4.69, 9.17) is 4.74 Å². The number of morpholine rings is 1. The lowest BCUT2D eigenvalue weighted by Gasteiger charge is -2.47. The van der Waals surface area contributed by atoms with E-state index in [0.717, 1.165) is 69.3 Å². The minimum Gasteiger partial charge on any atom is -0.371 e. The summed E-state index contributed by atoms with van der Waals surface area (Å²) in [5.74, 6) is 1.57. The SMILES string of the molecule is Cc1nc(-n2cnnn2)ccc1CCN1CCC2(CC1)CN(c1ccc(=O)n(C)n1)CCO2. The summed E-state index contributed by atoms with van der Waals surface area (Å²) in [5.41, 5.74) is 2.02.